The first-order valence-corrected chi connectivity index (χ1v) is 7.83. The summed E-state index contributed by atoms with van der Waals surface area (Å²) in [5.74, 6) is 2.04. The van der Waals surface area contributed by atoms with Crippen molar-refractivity contribution >= 4 is 11.8 Å². The molecule has 98 valence electrons. The van der Waals surface area contributed by atoms with E-state index >= 15 is 0 Å². The van der Waals surface area contributed by atoms with Gasteiger partial charge in [-0.3, -0.25) is 0 Å². The molecule has 1 aliphatic carbocycles. The molecule has 2 heteroatoms. The fourth-order valence-corrected chi connectivity index (χ4v) is 3.02. The second kappa shape index (κ2) is 6.16. The van der Waals surface area contributed by atoms with Gasteiger partial charge in [0, 0.05) is 10.6 Å². The van der Waals surface area contributed by atoms with Crippen molar-refractivity contribution in [3.05, 3.63) is 60.2 Å². The summed E-state index contributed by atoms with van der Waals surface area (Å²) in [6.45, 7) is 0. The minimum Gasteiger partial charge on any atom is -0.489 e. The van der Waals surface area contributed by atoms with Gasteiger partial charge < -0.3 is 4.74 Å². The molecule has 0 unspecified atom stereocenters. The summed E-state index contributed by atoms with van der Waals surface area (Å²) in [7, 11) is 0. The summed E-state index contributed by atoms with van der Waals surface area (Å²) < 4.78 is 6.05. The maximum Gasteiger partial charge on any atom is 0.133 e. The molecule has 0 aromatic heterocycles. The van der Waals surface area contributed by atoms with Crippen LogP contribution in [0.2, 0.25) is 0 Å². The van der Waals surface area contributed by atoms with Crippen molar-refractivity contribution in [2.24, 2.45) is 0 Å². The smallest absolute Gasteiger partial charge is 0.133 e. The first-order valence-electron chi connectivity index (χ1n) is 6.84. The molecule has 1 aliphatic rings. The van der Waals surface area contributed by atoms with E-state index in [0.717, 1.165) is 11.5 Å². The van der Waals surface area contributed by atoms with Gasteiger partial charge in [-0.25, -0.2) is 0 Å². The molecule has 2 aromatic carbocycles. The van der Waals surface area contributed by atoms with E-state index in [1.165, 1.54) is 29.7 Å². The topological polar surface area (TPSA) is 9.23 Å². The van der Waals surface area contributed by atoms with Crippen LogP contribution in [0.15, 0.2) is 59.5 Å². The molecular weight excluding hydrogens is 252 g/mol. The van der Waals surface area contributed by atoms with E-state index in [2.05, 4.69) is 54.6 Å². The minimum absolute atomic E-state index is 0.443. The molecule has 1 nitrogen and oxygen atoms in total. The van der Waals surface area contributed by atoms with E-state index < -0.39 is 0 Å². The molecule has 19 heavy (non-hydrogen) atoms. The Kier molecular flexibility index (Phi) is 4.09. The van der Waals surface area contributed by atoms with Crippen LogP contribution in [0, 0.1) is 0 Å². The number of rotatable bonds is 5. The normalized spacial score (nSPS) is 14.9. The molecule has 1 saturated carbocycles. The minimum atomic E-state index is 0.443. The van der Waals surface area contributed by atoms with E-state index in [0.29, 0.717) is 6.10 Å². The van der Waals surface area contributed by atoms with E-state index in [4.69, 9.17) is 4.74 Å². The molecule has 0 bridgehead atoms. The lowest BCUT2D eigenvalue weighted by Gasteiger charge is -2.27. The highest BCUT2D eigenvalue weighted by Crippen LogP contribution is 2.34. The average Bonchev–Trinajstić information content (AvgIpc) is 2.43. The van der Waals surface area contributed by atoms with Crippen molar-refractivity contribution in [3.8, 4) is 5.75 Å². The third-order valence-corrected chi connectivity index (χ3v) is 4.56. The zero-order chi connectivity index (χ0) is 12.9. The first-order chi connectivity index (χ1) is 9.42. The van der Waals surface area contributed by atoms with Gasteiger partial charge in [-0.05, 0) is 37.0 Å². The molecule has 0 amide bonds. The fourth-order valence-electron chi connectivity index (χ4n) is 2.07. The molecule has 0 N–H and O–H groups in total. The molecule has 2 aromatic rings. The highest BCUT2D eigenvalue weighted by Gasteiger charge is 2.20. The Morgan fingerprint density at radius 1 is 0.947 bits per heavy atom. The van der Waals surface area contributed by atoms with Crippen LogP contribution in [0.25, 0.3) is 0 Å². The Labute approximate surface area is 119 Å². The number of benzene rings is 2. The predicted molar refractivity (Wildman–Crippen MR) is 80.7 cm³/mol. The van der Waals surface area contributed by atoms with E-state index in [1.807, 2.05) is 11.8 Å². The van der Waals surface area contributed by atoms with Crippen molar-refractivity contribution in [2.45, 2.75) is 36.0 Å². The van der Waals surface area contributed by atoms with Gasteiger partial charge in [0.1, 0.15) is 5.75 Å². The number of ether oxygens (including phenoxy) is 1. The molecule has 0 atom stereocenters. The lowest BCUT2D eigenvalue weighted by atomic mass is 9.96. The van der Waals surface area contributed by atoms with Crippen molar-refractivity contribution in [3.63, 3.8) is 0 Å². The van der Waals surface area contributed by atoms with Gasteiger partial charge in [-0.2, -0.15) is 0 Å². The molecule has 0 radical (unpaired) electrons. The summed E-state index contributed by atoms with van der Waals surface area (Å²) in [4.78, 5) is 1.25. The molecule has 0 saturated heterocycles. The van der Waals surface area contributed by atoms with Gasteiger partial charge in [0.2, 0.25) is 0 Å². The first kappa shape index (κ1) is 12.6. The second-order valence-electron chi connectivity index (χ2n) is 4.89. The lowest BCUT2D eigenvalue weighted by Crippen LogP contribution is -2.24. The van der Waals surface area contributed by atoms with Crippen LogP contribution in [0.3, 0.4) is 0 Å². The van der Waals surface area contributed by atoms with Gasteiger partial charge in [0.25, 0.3) is 0 Å². The highest BCUT2D eigenvalue weighted by molar-refractivity contribution is 7.98. The van der Waals surface area contributed by atoms with Crippen molar-refractivity contribution < 1.29 is 4.74 Å². The zero-order valence-electron chi connectivity index (χ0n) is 10.9. The van der Waals surface area contributed by atoms with Crippen molar-refractivity contribution in [2.75, 3.05) is 0 Å². The summed E-state index contributed by atoms with van der Waals surface area (Å²) >= 11 is 1.85. The van der Waals surface area contributed by atoms with Gasteiger partial charge in [0.05, 0.1) is 6.10 Å². The summed E-state index contributed by atoms with van der Waals surface area (Å²) in [6, 6.07) is 19.0. The third-order valence-electron chi connectivity index (χ3n) is 3.43. The molecule has 0 heterocycles. The summed E-state index contributed by atoms with van der Waals surface area (Å²) in [5.41, 5.74) is 1.35. The monoisotopic (exact) mass is 270 g/mol. The summed E-state index contributed by atoms with van der Waals surface area (Å²) in [6.07, 6.45) is 4.16. The maximum absolute atomic E-state index is 6.05. The Bertz CT molecular complexity index is 520. The largest absolute Gasteiger partial charge is 0.489 e. The van der Waals surface area contributed by atoms with E-state index in [-0.39, 0.29) is 0 Å². The van der Waals surface area contributed by atoms with Gasteiger partial charge in [-0.15, -0.1) is 11.8 Å². The van der Waals surface area contributed by atoms with Gasteiger partial charge >= 0.3 is 0 Å². The van der Waals surface area contributed by atoms with Crippen LogP contribution in [0.5, 0.6) is 5.75 Å². The average molecular weight is 270 g/mol. The zero-order valence-corrected chi connectivity index (χ0v) is 11.7. The Hall–Kier alpha value is -1.41. The van der Waals surface area contributed by atoms with Crippen molar-refractivity contribution in [1.82, 2.24) is 0 Å². The number of hydrogen-bond acceptors (Lipinski definition) is 2. The highest BCUT2D eigenvalue weighted by atomic mass is 32.2. The van der Waals surface area contributed by atoms with Crippen molar-refractivity contribution in [1.29, 1.82) is 0 Å². The number of hydrogen-bond donors (Lipinski definition) is 0. The third kappa shape index (κ3) is 3.32. The maximum atomic E-state index is 6.05. The van der Waals surface area contributed by atoms with Crippen LogP contribution >= 0.6 is 11.8 Å². The molecule has 0 aliphatic heterocycles. The summed E-state index contributed by atoms with van der Waals surface area (Å²) in [5, 5.41) is 0. The SMILES string of the molecule is c1ccc(CSc2ccccc2OC2CCC2)cc1. The Morgan fingerprint density at radius 3 is 2.42 bits per heavy atom. The molecule has 1 fully saturated rings. The van der Waals surface area contributed by atoms with Crippen LogP contribution in [0.4, 0.5) is 0 Å². The van der Waals surface area contributed by atoms with E-state index in [1.54, 1.807) is 0 Å². The molecule has 3 rings (SSSR count). The van der Waals surface area contributed by atoms with Crippen LogP contribution < -0.4 is 4.74 Å². The molecule has 0 spiro atoms. The Balaban J connectivity index is 1.66. The van der Waals surface area contributed by atoms with Crippen LogP contribution in [0.1, 0.15) is 24.8 Å². The van der Waals surface area contributed by atoms with E-state index in [9.17, 15) is 0 Å². The van der Waals surface area contributed by atoms with Crippen LogP contribution in [-0.4, -0.2) is 6.10 Å². The van der Waals surface area contributed by atoms with Gasteiger partial charge in [0.15, 0.2) is 0 Å². The van der Waals surface area contributed by atoms with Gasteiger partial charge in [-0.1, -0.05) is 42.5 Å². The quantitative estimate of drug-likeness (QED) is 0.714. The number of para-hydroxylation sites is 1. The lowest BCUT2D eigenvalue weighted by molar-refractivity contribution is 0.117. The fraction of sp³-hybridized carbons (Fsp3) is 0.294. The van der Waals surface area contributed by atoms with Crippen LogP contribution in [-0.2, 0) is 5.75 Å². The second-order valence-corrected chi connectivity index (χ2v) is 5.91. The Morgan fingerprint density at radius 2 is 1.68 bits per heavy atom. The predicted octanol–water partition coefficient (Wildman–Crippen LogP) is 4.91. The molecular formula is C17H18OS. The standard InChI is InChI=1S/C17H18OS/c1-2-7-14(8-3-1)13-19-17-12-5-4-11-16(17)18-15-9-6-10-15/h1-5,7-8,11-12,15H,6,9-10,13H2. The number of thioether (sulfide) groups is 1.